The summed E-state index contributed by atoms with van der Waals surface area (Å²) in [6.45, 7) is 2.85. The average molecular weight is 278 g/mol. The van der Waals surface area contributed by atoms with Gasteiger partial charge in [0.25, 0.3) is 0 Å². The van der Waals surface area contributed by atoms with Gasteiger partial charge >= 0.3 is 0 Å². The summed E-state index contributed by atoms with van der Waals surface area (Å²) in [4.78, 5) is 0. The maximum atomic E-state index is 12.8. The summed E-state index contributed by atoms with van der Waals surface area (Å²) in [6.07, 6.45) is 0.876. The van der Waals surface area contributed by atoms with Gasteiger partial charge in [-0.05, 0) is 42.7 Å². The molecule has 0 heterocycles. The van der Waals surface area contributed by atoms with Crippen LogP contribution in [0.15, 0.2) is 48.5 Å². The third-order valence-electron chi connectivity index (χ3n) is 3.05. The van der Waals surface area contributed by atoms with E-state index in [9.17, 15) is 4.39 Å². The van der Waals surface area contributed by atoms with Crippen LogP contribution in [0, 0.1) is 5.82 Å². The monoisotopic (exact) mass is 277 g/mol. The van der Waals surface area contributed by atoms with Crippen molar-refractivity contribution in [3.8, 4) is 0 Å². The van der Waals surface area contributed by atoms with Gasteiger partial charge in [0.2, 0.25) is 0 Å². The van der Waals surface area contributed by atoms with Crippen molar-refractivity contribution in [1.29, 1.82) is 0 Å². The molecule has 19 heavy (non-hydrogen) atoms. The molecular weight excluding hydrogens is 261 g/mol. The summed E-state index contributed by atoms with van der Waals surface area (Å²) < 4.78 is 12.8. The molecule has 0 radical (unpaired) electrons. The molecule has 0 spiro atoms. The van der Waals surface area contributed by atoms with Crippen molar-refractivity contribution in [1.82, 2.24) is 5.32 Å². The number of benzene rings is 2. The van der Waals surface area contributed by atoms with Gasteiger partial charge in [-0.3, -0.25) is 0 Å². The van der Waals surface area contributed by atoms with Crippen LogP contribution in [0.4, 0.5) is 4.39 Å². The lowest BCUT2D eigenvalue weighted by Crippen LogP contribution is -2.27. The van der Waals surface area contributed by atoms with Crippen molar-refractivity contribution in [3.05, 3.63) is 70.5 Å². The SMILES string of the molecule is CC(Cc1ccccc1Cl)NCc1ccc(F)cc1. The van der Waals surface area contributed by atoms with Crippen molar-refractivity contribution < 1.29 is 4.39 Å². The van der Waals surface area contributed by atoms with Crippen LogP contribution in [-0.4, -0.2) is 6.04 Å². The van der Waals surface area contributed by atoms with Crippen LogP contribution < -0.4 is 5.32 Å². The van der Waals surface area contributed by atoms with Crippen LogP contribution in [0.3, 0.4) is 0 Å². The van der Waals surface area contributed by atoms with Crippen LogP contribution >= 0.6 is 11.6 Å². The van der Waals surface area contributed by atoms with Gasteiger partial charge in [0, 0.05) is 17.6 Å². The van der Waals surface area contributed by atoms with E-state index < -0.39 is 0 Å². The molecule has 1 nitrogen and oxygen atoms in total. The van der Waals surface area contributed by atoms with Gasteiger partial charge in [0.1, 0.15) is 5.82 Å². The Morgan fingerprint density at radius 2 is 1.79 bits per heavy atom. The highest BCUT2D eigenvalue weighted by atomic mass is 35.5. The van der Waals surface area contributed by atoms with E-state index in [4.69, 9.17) is 11.6 Å². The summed E-state index contributed by atoms with van der Waals surface area (Å²) in [5, 5.41) is 4.22. The van der Waals surface area contributed by atoms with Crippen molar-refractivity contribution >= 4 is 11.6 Å². The summed E-state index contributed by atoms with van der Waals surface area (Å²) >= 11 is 6.13. The average Bonchev–Trinajstić information content (AvgIpc) is 2.41. The molecule has 0 bridgehead atoms. The van der Waals surface area contributed by atoms with E-state index in [0.717, 1.165) is 29.1 Å². The van der Waals surface area contributed by atoms with Crippen molar-refractivity contribution in [2.45, 2.75) is 25.9 Å². The smallest absolute Gasteiger partial charge is 0.123 e. The highest BCUT2D eigenvalue weighted by Gasteiger charge is 2.06. The second-order valence-corrected chi connectivity index (χ2v) is 5.11. The molecule has 2 aromatic carbocycles. The number of hydrogen-bond donors (Lipinski definition) is 1. The Morgan fingerprint density at radius 1 is 1.11 bits per heavy atom. The Balaban J connectivity index is 1.86. The van der Waals surface area contributed by atoms with E-state index >= 15 is 0 Å². The van der Waals surface area contributed by atoms with Crippen molar-refractivity contribution in [3.63, 3.8) is 0 Å². The quantitative estimate of drug-likeness (QED) is 0.864. The van der Waals surface area contributed by atoms with E-state index in [0.29, 0.717) is 6.04 Å². The zero-order valence-corrected chi connectivity index (χ0v) is 11.6. The van der Waals surface area contributed by atoms with Gasteiger partial charge in [-0.25, -0.2) is 4.39 Å². The predicted octanol–water partition coefficient (Wildman–Crippen LogP) is 4.20. The molecule has 0 aliphatic rings. The summed E-state index contributed by atoms with van der Waals surface area (Å²) in [5.41, 5.74) is 2.22. The molecule has 0 aliphatic heterocycles. The highest BCUT2D eigenvalue weighted by Crippen LogP contribution is 2.16. The molecule has 1 atom stereocenters. The van der Waals surface area contributed by atoms with Crippen molar-refractivity contribution in [2.75, 3.05) is 0 Å². The third-order valence-corrected chi connectivity index (χ3v) is 3.42. The summed E-state index contributed by atoms with van der Waals surface area (Å²) in [6, 6.07) is 14.7. The lowest BCUT2D eigenvalue weighted by molar-refractivity contribution is 0.544. The number of halogens is 2. The number of hydrogen-bond acceptors (Lipinski definition) is 1. The normalized spacial score (nSPS) is 12.4. The van der Waals surface area contributed by atoms with E-state index in [1.54, 1.807) is 12.1 Å². The molecule has 1 N–H and O–H groups in total. The third kappa shape index (κ3) is 4.34. The van der Waals surface area contributed by atoms with E-state index in [-0.39, 0.29) is 5.82 Å². The Labute approximate surface area is 118 Å². The van der Waals surface area contributed by atoms with Gasteiger partial charge in [-0.1, -0.05) is 41.9 Å². The molecule has 0 fully saturated rings. The maximum absolute atomic E-state index is 12.8. The second-order valence-electron chi connectivity index (χ2n) is 4.70. The molecule has 0 saturated carbocycles. The maximum Gasteiger partial charge on any atom is 0.123 e. The first-order chi connectivity index (χ1) is 9.15. The fourth-order valence-electron chi connectivity index (χ4n) is 1.96. The highest BCUT2D eigenvalue weighted by molar-refractivity contribution is 6.31. The molecule has 0 saturated heterocycles. The standard InChI is InChI=1S/C16H17ClFN/c1-12(10-14-4-2-3-5-16(14)17)19-11-13-6-8-15(18)9-7-13/h2-9,12,19H,10-11H2,1H3. The van der Waals surface area contributed by atoms with Crippen LogP contribution in [0.2, 0.25) is 5.02 Å². The molecule has 0 aliphatic carbocycles. The van der Waals surface area contributed by atoms with Gasteiger partial charge in [0.05, 0.1) is 0 Å². The number of rotatable bonds is 5. The Bertz CT molecular complexity index is 525. The van der Waals surface area contributed by atoms with Crippen LogP contribution in [0.25, 0.3) is 0 Å². The van der Waals surface area contributed by atoms with Gasteiger partial charge < -0.3 is 5.32 Å². The van der Waals surface area contributed by atoms with E-state index in [1.807, 2.05) is 24.3 Å². The zero-order chi connectivity index (χ0) is 13.7. The fraction of sp³-hybridized carbons (Fsp3) is 0.250. The lowest BCUT2D eigenvalue weighted by atomic mass is 10.1. The topological polar surface area (TPSA) is 12.0 Å². The zero-order valence-electron chi connectivity index (χ0n) is 10.9. The van der Waals surface area contributed by atoms with Gasteiger partial charge in [-0.15, -0.1) is 0 Å². The van der Waals surface area contributed by atoms with Crippen molar-refractivity contribution in [2.24, 2.45) is 0 Å². The molecule has 2 aromatic rings. The lowest BCUT2D eigenvalue weighted by Gasteiger charge is -2.14. The van der Waals surface area contributed by atoms with E-state index in [2.05, 4.69) is 12.2 Å². The molecule has 0 amide bonds. The van der Waals surface area contributed by atoms with Crippen LogP contribution in [-0.2, 0) is 13.0 Å². The molecule has 2 rings (SSSR count). The first kappa shape index (κ1) is 14.0. The van der Waals surface area contributed by atoms with E-state index in [1.165, 1.54) is 12.1 Å². The summed E-state index contributed by atoms with van der Waals surface area (Å²) in [7, 11) is 0. The largest absolute Gasteiger partial charge is 0.310 e. The van der Waals surface area contributed by atoms with Gasteiger partial charge in [0.15, 0.2) is 0 Å². The Kier molecular flexibility index (Phi) is 4.94. The molecule has 1 unspecified atom stereocenters. The minimum absolute atomic E-state index is 0.201. The molecule has 100 valence electrons. The Morgan fingerprint density at radius 3 is 2.47 bits per heavy atom. The second kappa shape index (κ2) is 6.69. The first-order valence-electron chi connectivity index (χ1n) is 6.36. The number of nitrogens with one attached hydrogen (secondary N) is 1. The minimum Gasteiger partial charge on any atom is -0.310 e. The molecule has 3 heteroatoms. The van der Waals surface area contributed by atoms with Crippen LogP contribution in [0.1, 0.15) is 18.1 Å². The molecule has 0 aromatic heterocycles. The minimum atomic E-state index is -0.201. The summed E-state index contributed by atoms with van der Waals surface area (Å²) in [5.74, 6) is -0.201. The Hall–Kier alpha value is -1.38. The predicted molar refractivity (Wildman–Crippen MR) is 77.9 cm³/mol. The van der Waals surface area contributed by atoms with Crippen LogP contribution in [0.5, 0.6) is 0 Å². The fourth-order valence-corrected chi connectivity index (χ4v) is 2.17. The molecular formula is C16H17ClFN. The van der Waals surface area contributed by atoms with Gasteiger partial charge in [-0.2, -0.15) is 0 Å². The first-order valence-corrected chi connectivity index (χ1v) is 6.74.